The molecule has 0 radical (unpaired) electrons. The summed E-state index contributed by atoms with van der Waals surface area (Å²) in [7, 11) is 1.55. The molecule has 1 saturated heterocycles. The van der Waals surface area contributed by atoms with E-state index in [9.17, 15) is 9.59 Å². The summed E-state index contributed by atoms with van der Waals surface area (Å²) < 4.78 is 17.8. The highest BCUT2D eigenvalue weighted by atomic mass is 79.9. The topological polar surface area (TPSA) is 65.1 Å². The third-order valence-electron chi connectivity index (χ3n) is 5.55. The predicted octanol–water partition coefficient (Wildman–Crippen LogP) is 7.20. The minimum absolute atomic E-state index is 0.188. The van der Waals surface area contributed by atoms with Crippen LogP contribution in [0.5, 0.6) is 11.5 Å². The molecule has 1 amide bonds. The third kappa shape index (κ3) is 6.40. The van der Waals surface area contributed by atoms with Gasteiger partial charge in [0.2, 0.25) is 0 Å². The van der Waals surface area contributed by atoms with E-state index < -0.39 is 12.0 Å². The van der Waals surface area contributed by atoms with Gasteiger partial charge in [-0.3, -0.25) is 9.69 Å². The van der Waals surface area contributed by atoms with Crippen molar-refractivity contribution in [2.75, 3.05) is 13.7 Å². The molecule has 3 aromatic carbocycles. The van der Waals surface area contributed by atoms with Gasteiger partial charge in [-0.05, 0) is 69.9 Å². The van der Waals surface area contributed by atoms with Crippen molar-refractivity contribution in [2.24, 2.45) is 0 Å². The fourth-order valence-corrected chi connectivity index (χ4v) is 5.81. The van der Waals surface area contributed by atoms with E-state index in [1.54, 1.807) is 62.6 Å². The number of carbonyl (C=O) groups excluding carboxylic acids is 2. The number of ether oxygens (including phenoxy) is 3. The first kappa shape index (κ1) is 28.2. The monoisotopic (exact) mass is 631 g/mol. The fourth-order valence-electron chi connectivity index (χ4n) is 3.80. The van der Waals surface area contributed by atoms with E-state index in [0.29, 0.717) is 43.6 Å². The van der Waals surface area contributed by atoms with Crippen LogP contribution in [-0.2, 0) is 20.9 Å². The molecule has 0 spiro atoms. The van der Waals surface area contributed by atoms with Crippen molar-refractivity contribution in [3.63, 3.8) is 0 Å². The molecule has 196 valence electrons. The second-order valence-electron chi connectivity index (χ2n) is 8.07. The van der Waals surface area contributed by atoms with Gasteiger partial charge in [0.15, 0.2) is 17.5 Å². The number of esters is 1. The summed E-state index contributed by atoms with van der Waals surface area (Å²) in [5.74, 6) is 0.102. The molecular weight excluding hydrogens is 610 g/mol. The van der Waals surface area contributed by atoms with Crippen LogP contribution in [0.2, 0.25) is 5.02 Å². The molecule has 1 aliphatic rings. The summed E-state index contributed by atoms with van der Waals surface area (Å²) in [4.78, 5) is 28.1. The lowest BCUT2D eigenvalue weighted by Crippen LogP contribution is -2.38. The number of thioether (sulfide) groups is 1. The molecule has 38 heavy (non-hydrogen) atoms. The second-order valence-corrected chi connectivity index (χ2v) is 11.0. The Hall–Kier alpha value is -2.85. The summed E-state index contributed by atoms with van der Waals surface area (Å²) in [6.07, 6.45) is 1.71. The number of methoxy groups -OCH3 is 1. The number of benzene rings is 3. The first-order valence-corrected chi connectivity index (χ1v) is 13.9. The number of carbonyl (C=O) groups is 2. The Morgan fingerprint density at radius 3 is 2.53 bits per heavy atom. The summed E-state index contributed by atoms with van der Waals surface area (Å²) in [6, 6.07) is 19.0. The number of amides is 1. The van der Waals surface area contributed by atoms with Crippen LogP contribution in [0.25, 0.3) is 6.08 Å². The molecule has 0 saturated carbocycles. The Labute approximate surface area is 244 Å². The lowest BCUT2D eigenvalue weighted by Gasteiger charge is -2.25. The van der Waals surface area contributed by atoms with Crippen LogP contribution >= 0.6 is 51.5 Å². The molecule has 10 heteroatoms. The van der Waals surface area contributed by atoms with Gasteiger partial charge < -0.3 is 14.2 Å². The van der Waals surface area contributed by atoms with Gasteiger partial charge in [0.05, 0.1) is 23.1 Å². The lowest BCUT2D eigenvalue weighted by atomic mass is 10.1. The van der Waals surface area contributed by atoms with Gasteiger partial charge >= 0.3 is 5.97 Å². The van der Waals surface area contributed by atoms with E-state index in [2.05, 4.69) is 15.9 Å². The Morgan fingerprint density at radius 1 is 1.16 bits per heavy atom. The maximum Gasteiger partial charge on any atom is 0.333 e. The van der Waals surface area contributed by atoms with Crippen molar-refractivity contribution in [2.45, 2.75) is 19.6 Å². The Kier molecular flexibility index (Phi) is 9.49. The zero-order valence-electron chi connectivity index (χ0n) is 20.5. The van der Waals surface area contributed by atoms with E-state index in [-0.39, 0.29) is 16.8 Å². The van der Waals surface area contributed by atoms with Gasteiger partial charge in [0.1, 0.15) is 10.9 Å². The van der Waals surface area contributed by atoms with Crippen LogP contribution < -0.4 is 9.47 Å². The number of rotatable bonds is 9. The molecule has 0 aliphatic carbocycles. The van der Waals surface area contributed by atoms with Crippen molar-refractivity contribution >= 4 is 73.8 Å². The number of halogens is 2. The van der Waals surface area contributed by atoms with Crippen LogP contribution in [-0.4, -0.2) is 34.8 Å². The van der Waals surface area contributed by atoms with Crippen molar-refractivity contribution in [3.8, 4) is 11.5 Å². The predicted molar refractivity (Wildman–Crippen MR) is 157 cm³/mol. The zero-order valence-corrected chi connectivity index (χ0v) is 24.5. The largest absolute Gasteiger partial charge is 0.493 e. The van der Waals surface area contributed by atoms with Gasteiger partial charge in [-0.15, -0.1) is 0 Å². The van der Waals surface area contributed by atoms with E-state index in [1.165, 1.54) is 4.90 Å². The van der Waals surface area contributed by atoms with Crippen molar-refractivity contribution in [3.05, 3.63) is 97.8 Å². The number of hydrogen-bond donors (Lipinski definition) is 0. The SMILES string of the molecule is CCOC(=O)C(c1ccccc1)N1C(=O)/C(=C/c2cc(Br)c(OCc3ccc(Cl)cc3)c(OC)c2)SC1=S. The molecule has 1 unspecified atom stereocenters. The molecule has 1 heterocycles. The molecule has 1 atom stereocenters. The molecule has 6 nitrogen and oxygen atoms in total. The molecule has 0 aromatic heterocycles. The standard InChI is InChI=1S/C28H23BrClNO5S2/c1-3-35-27(33)24(19-7-5-4-6-8-19)31-26(32)23(38-28(31)37)15-18-13-21(29)25(22(14-18)34-2)36-16-17-9-11-20(30)12-10-17/h4-15,24H,3,16H2,1-2H3/b23-15-. The molecule has 1 aliphatic heterocycles. The Bertz CT molecular complexity index is 1380. The first-order valence-electron chi connectivity index (χ1n) is 11.6. The van der Waals surface area contributed by atoms with Crippen LogP contribution in [0.15, 0.2) is 76.1 Å². The number of nitrogens with zero attached hydrogens (tertiary/aromatic N) is 1. The normalized spacial score (nSPS) is 15.1. The second kappa shape index (κ2) is 12.8. The third-order valence-corrected chi connectivity index (χ3v) is 7.72. The highest BCUT2D eigenvalue weighted by Crippen LogP contribution is 2.41. The summed E-state index contributed by atoms with van der Waals surface area (Å²) in [5, 5.41) is 0.652. The van der Waals surface area contributed by atoms with Gasteiger partial charge in [-0.1, -0.05) is 78.0 Å². The van der Waals surface area contributed by atoms with Crippen LogP contribution in [0, 0.1) is 0 Å². The summed E-state index contributed by atoms with van der Waals surface area (Å²) in [6.45, 7) is 2.23. The molecular formula is C28H23BrClNO5S2. The average molecular weight is 633 g/mol. The number of hydrogen-bond acceptors (Lipinski definition) is 7. The highest BCUT2D eigenvalue weighted by Gasteiger charge is 2.42. The first-order chi connectivity index (χ1) is 18.3. The van der Waals surface area contributed by atoms with Crippen molar-refractivity contribution in [1.29, 1.82) is 0 Å². The van der Waals surface area contributed by atoms with Gasteiger partial charge in [0, 0.05) is 5.02 Å². The Balaban J connectivity index is 1.60. The van der Waals surface area contributed by atoms with Crippen molar-refractivity contribution in [1.82, 2.24) is 4.90 Å². The maximum absolute atomic E-state index is 13.5. The minimum atomic E-state index is -0.973. The summed E-state index contributed by atoms with van der Waals surface area (Å²) in [5.41, 5.74) is 2.27. The average Bonchev–Trinajstić information content (AvgIpc) is 3.17. The molecule has 4 rings (SSSR count). The van der Waals surface area contributed by atoms with E-state index >= 15 is 0 Å². The molecule has 0 bridgehead atoms. The van der Waals surface area contributed by atoms with E-state index in [4.69, 9.17) is 38.0 Å². The minimum Gasteiger partial charge on any atom is -0.493 e. The smallest absolute Gasteiger partial charge is 0.333 e. The van der Waals surface area contributed by atoms with Crippen LogP contribution in [0.1, 0.15) is 29.7 Å². The highest BCUT2D eigenvalue weighted by molar-refractivity contribution is 9.10. The maximum atomic E-state index is 13.5. The van der Waals surface area contributed by atoms with Crippen LogP contribution in [0.4, 0.5) is 0 Å². The van der Waals surface area contributed by atoms with E-state index in [0.717, 1.165) is 17.3 Å². The zero-order chi connectivity index (χ0) is 27.2. The van der Waals surface area contributed by atoms with Crippen molar-refractivity contribution < 1.29 is 23.8 Å². The van der Waals surface area contributed by atoms with Gasteiger partial charge in [-0.2, -0.15) is 0 Å². The quantitative estimate of drug-likeness (QED) is 0.141. The van der Waals surface area contributed by atoms with Crippen LogP contribution in [0.3, 0.4) is 0 Å². The number of thiocarbonyl (C=S) groups is 1. The van der Waals surface area contributed by atoms with Gasteiger partial charge in [-0.25, -0.2) is 4.79 Å². The molecule has 1 fully saturated rings. The Morgan fingerprint density at radius 2 is 1.87 bits per heavy atom. The lowest BCUT2D eigenvalue weighted by molar-refractivity contribution is -0.151. The fraction of sp³-hybridized carbons (Fsp3) is 0.179. The van der Waals surface area contributed by atoms with E-state index in [1.807, 2.05) is 24.3 Å². The molecule has 3 aromatic rings. The van der Waals surface area contributed by atoms with Gasteiger partial charge in [0.25, 0.3) is 5.91 Å². The summed E-state index contributed by atoms with van der Waals surface area (Å²) >= 11 is 16.2. The molecule has 0 N–H and O–H groups in total.